The number of halogens is 3. The summed E-state index contributed by atoms with van der Waals surface area (Å²) in [5.41, 5.74) is -1.24. The van der Waals surface area contributed by atoms with E-state index in [0.29, 0.717) is 17.1 Å². The lowest BCUT2D eigenvalue weighted by Gasteiger charge is -2.27. The van der Waals surface area contributed by atoms with Crippen molar-refractivity contribution in [2.75, 3.05) is 0 Å². The molecule has 1 aliphatic rings. The molecule has 2 nitrogen and oxygen atoms in total. The van der Waals surface area contributed by atoms with Gasteiger partial charge in [-0.25, -0.2) is 0 Å². The molecule has 0 atom stereocenters. The van der Waals surface area contributed by atoms with Crippen LogP contribution in [0.5, 0.6) is 5.75 Å². The number of hydrogen-bond acceptors (Lipinski definition) is 2. The Kier molecular flexibility index (Phi) is 4.52. The molecule has 0 saturated heterocycles. The van der Waals surface area contributed by atoms with Gasteiger partial charge in [-0.05, 0) is 54.5 Å². The van der Waals surface area contributed by atoms with Crippen LogP contribution in [0.3, 0.4) is 0 Å². The summed E-state index contributed by atoms with van der Waals surface area (Å²) in [6, 6.07) is 7.45. The van der Waals surface area contributed by atoms with Gasteiger partial charge in [-0.1, -0.05) is 25.1 Å². The van der Waals surface area contributed by atoms with Gasteiger partial charge in [0.05, 0.1) is 11.7 Å². The second-order valence-corrected chi connectivity index (χ2v) is 6.53. The van der Waals surface area contributed by atoms with Crippen LogP contribution < -0.4 is 4.74 Å². The lowest BCUT2D eigenvalue weighted by Crippen LogP contribution is -2.23. The van der Waals surface area contributed by atoms with Crippen LogP contribution in [0.1, 0.15) is 48.5 Å². The predicted octanol–water partition coefficient (Wildman–Crippen LogP) is 5.63. The first-order valence-electron chi connectivity index (χ1n) is 8.14. The lowest BCUT2D eigenvalue weighted by atomic mass is 9.89. The second kappa shape index (κ2) is 6.46. The molecule has 3 rings (SSSR count). The summed E-state index contributed by atoms with van der Waals surface area (Å²) in [5, 5.41) is 0.450. The smallest absolute Gasteiger partial charge is 0.417 e. The Morgan fingerprint density at radius 3 is 2.38 bits per heavy atom. The number of hydrogen-bond donors (Lipinski definition) is 0. The third-order valence-corrected chi connectivity index (χ3v) is 4.70. The Hall–Kier alpha value is -2.04. The quantitative estimate of drug-likeness (QED) is 0.679. The van der Waals surface area contributed by atoms with E-state index in [1.165, 1.54) is 18.2 Å². The van der Waals surface area contributed by atoms with Crippen LogP contribution in [-0.2, 0) is 6.18 Å². The molecule has 1 aliphatic carbocycles. The molecule has 5 heteroatoms. The number of ether oxygens (including phenoxy) is 1. The van der Waals surface area contributed by atoms with Gasteiger partial charge in [0.15, 0.2) is 6.29 Å². The second-order valence-electron chi connectivity index (χ2n) is 6.53. The number of aldehydes is 1. The Morgan fingerprint density at radius 2 is 1.75 bits per heavy atom. The van der Waals surface area contributed by atoms with Gasteiger partial charge < -0.3 is 4.74 Å². The van der Waals surface area contributed by atoms with Crippen molar-refractivity contribution < 1.29 is 22.7 Å². The number of alkyl halides is 3. The monoisotopic (exact) mass is 336 g/mol. The molecule has 0 amide bonds. The molecule has 2 aromatic rings. The number of rotatable bonds is 3. The molecule has 1 fully saturated rings. The van der Waals surface area contributed by atoms with Crippen molar-refractivity contribution in [3.63, 3.8) is 0 Å². The highest BCUT2D eigenvalue weighted by molar-refractivity contribution is 5.94. The molecule has 0 spiro atoms. The van der Waals surface area contributed by atoms with Gasteiger partial charge in [-0.2, -0.15) is 13.2 Å². The Balaban J connectivity index is 1.98. The van der Waals surface area contributed by atoms with Crippen LogP contribution in [0, 0.1) is 5.92 Å². The first-order chi connectivity index (χ1) is 11.4. The average Bonchev–Trinajstić information content (AvgIpc) is 2.54. The first-order valence-corrected chi connectivity index (χ1v) is 8.14. The maximum absolute atomic E-state index is 13.4. The normalized spacial score (nSPS) is 21.7. The Labute approximate surface area is 138 Å². The van der Waals surface area contributed by atoms with E-state index in [2.05, 4.69) is 6.92 Å². The maximum Gasteiger partial charge on any atom is 0.417 e. The summed E-state index contributed by atoms with van der Waals surface area (Å²) in [7, 11) is 0. The van der Waals surface area contributed by atoms with E-state index in [1.807, 2.05) is 0 Å². The minimum Gasteiger partial charge on any atom is -0.490 e. The molecular weight excluding hydrogens is 317 g/mol. The minimum atomic E-state index is -4.59. The Bertz CT molecular complexity index is 744. The average molecular weight is 336 g/mol. The molecule has 128 valence electrons. The molecule has 0 aromatic heterocycles. The first kappa shape index (κ1) is 16.8. The van der Waals surface area contributed by atoms with E-state index >= 15 is 0 Å². The predicted molar refractivity (Wildman–Crippen MR) is 86.4 cm³/mol. The van der Waals surface area contributed by atoms with Gasteiger partial charge in [-0.3, -0.25) is 4.79 Å². The molecular formula is C19H19F3O2. The summed E-state index contributed by atoms with van der Waals surface area (Å²) in [4.78, 5) is 11.0. The summed E-state index contributed by atoms with van der Waals surface area (Å²) in [6.07, 6.45) is -0.322. The van der Waals surface area contributed by atoms with E-state index in [4.69, 9.17) is 4.74 Å². The SMILES string of the molecule is CC1CCC(Oc2ccc3ccc(C=O)c(C(F)(F)F)c3c2)CC1. The fourth-order valence-electron chi connectivity index (χ4n) is 3.34. The highest BCUT2D eigenvalue weighted by atomic mass is 19.4. The standard InChI is InChI=1S/C19H19F3O2/c1-12-2-7-15(8-3-12)24-16-9-6-13-4-5-14(11-23)18(17(13)10-16)19(20,21)22/h4-6,9-12,15H,2-3,7-8H2,1H3. The van der Waals surface area contributed by atoms with Gasteiger partial charge in [0.2, 0.25) is 0 Å². The summed E-state index contributed by atoms with van der Waals surface area (Å²) >= 11 is 0. The summed E-state index contributed by atoms with van der Waals surface area (Å²) in [6.45, 7) is 2.20. The van der Waals surface area contributed by atoms with E-state index in [-0.39, 0.29) is 23.3 Å². The zero-order chi connectivity index (χ0) is 17.3. The fourth-order valence-corrected chi connectivity index (χ4v) is 3.34. The summed E-state index contributed by atoms with van der Waals surface area (Å²) < 4.78 is 46.1. The van der Waals surface area contributed by atoms with E-state index < -0.39 is 11.7 Å². The van der Waals surface area contributed by atoms with E-state index in [9.17, 15) is 18.0 Å². The molecule has 0 radical (unpaired) electrons. The molecule has 0 aliphatic heterocycles. The molecule has 24 heavy (non-hydrogen) atoms. The van der Waals surface area contributed by atoms with Gasteiger partial charge in [0, 0.05) is 5.56 Å². The molecule has 0 unspecified atom stereocenters. The topological polar surface area (TPSA) is 26.3 Å². The number of benzene rings is 2. The highest BCUT2D eigenvalue weighted by Gasteiger charge is 2.35. The van der Waals surface area contributed by atoms with E-state index in [1.54, 1.807) is 12.1 Å². The zero-order valence-electron chi connectivity index (χ0n) is 13.4. The van der Waals surface area contributed by atoms with Crippen molar-refractivity contribution in [3.05, 3.63) is 41.5 Å². The van der Waals surface area contributed by atoms with Gasteiger partial charge in [-0.15, -0.1) is 0 Å². The van der Waals surface area contributed by atoms with Crippen molar-refractivity contribution in [2.45, 2.75) is 44.9 Å². The van der Waals surface area contributed by atoms with E-state index in [0.717, 1.165) is 25.7 Å². The number of fused-ring (bicyclic) bond motifs is 1. The molecule has 0 bridgehead atoms. The van der Waals surface area contributed by atoms with Crippen LogP contribution in [-0.4, -0.2) is 12.4 Å². The van der Waals surface area contributed by atoms with Crippen LogP contribution in [0.4, 0.5) is 13.2 Å². The summed E-state index contributed by atoms with van der Waals surface area (Å²) in [5.74, 6) is 1.10. The molecule has 1 saturated carbocycles. The van der Waals surface area contributed by atoms with Crippen molar-refractivity contribution in [1.82, 2.24) is 0 Å². The minimum absolute atomic E-state index is 0.00813. The number of carbonyl (C=O) groups excluding carboxylic acids is 1. The molecule has 0 N–H and O–H groups in total. The van der Waals surface area contributed by atoms with Crippen LogP contribution in [0.2, 0.25) is 0 Å². The van der Waals surface area contributed by atoms with Crippen LogP contribution in [0.15, 0.2) is 30.3 Å². The van der Waals surface area contributed by atoms with Crippen molar-refractivity contribution >= 4 is 17.1 Å². The van der Waals surface area contributed by atoms with Crippen LogP contribution >= 0.6 is 0 Å². The largest absolute Gasteiger partial charge is 0.490 e. The van der Waals surface area contributed by atoms with Gasteiger partial charge in [0.25, 0.3) is 0 Å². The molecule has 0 heterocycles. The zero-order valence-corrected chi connectivity index (χ0v) is 13.4. The third kappa shape index (κ3) is 3.40. The number of carbonyl (C=O) groups is 1. The van der Waals surface area contributed by atoms with Crippen molar-refractivity contribution in [3.8, 4) is 5.75 Å². The maximum atomic E-state index is 13.4. The third-order valence-electron chi connectivity index (χ3n) is 4.70. The lowest BCUT2D eigenvalue weighted by molar-refractivity contribution is -0.136. The van der Waals surface area contributed by atoms with Gasteiger partial charge >= 0.3 is 6.18 Å². The van der Waals surface area contributed by atoms with Crippen molar-refractivity contribution in [1.29, 1.82) is 0 Å². The molecule has 2 aromatic carbocycles. The fraction of sp³-hybridized carbons (Fsp3) is 0.421. The Morgan fingerprint density at radius 1 is 1.08 bits per heavy atom. The van der Waals surface area contributed by atoms with Crippen molar-refractivity contribution in [2.24, 2.45) is 5.92 Å². The highest BCUT2D eigenvalue weighted by Crippen LogP contribution is 2.38. The van der Waals surface area contributed by atoms with Gasteiger partial charge in [0.1, 0.15) is 5.75 Å². The van der Waals surface area contributed by atoms with Crippen LogP contribution in [0.25, 0.3) is 10.8 Å².